The largest absolute Gasteiger partial charge is 0.493 e. The second-order valence-corrected chi connectivity index (χ2v) is 10.3. The van der Waals surface area contributed by atoms with E-state index in [-0.39, 0.29) is 17.2 Å². The number of hydrogen-bond donors (Lipinski definition) is 5. The van der Waals surface area contributed by atoms with Crippen molar-refractivity contribution >= 4 is 44.8 Å². The van der Waals surface area contributed by atoms with E-state index in [1.54, 1.807) is 36.4 Å². The van der Waals surface area contributed by atoms with Gasteiger partial charge in [0.1, 0.15) is 18.2 Å². The Kier molecular flexibility index (Phi) is 9.22. The minimum Gasteiger partial charge on any atom is -0.493 e. The van der Waals surface area contributed by atoms with Crippen LogP contribution in [0.3, 0.4) is 0 Å². The molecule has 0 aromatic heterocycles. The molecule has 0 aliphatic heterocycles. The number of rotatable bonds is 13. The summed E-state index contributed by atoms with van der Waals surface area (Å²) >= 11 is 0. The first-order valence-electron chi connectivity index (χ1n) is 11.6. The summed E-state index contributed by atoms with van der Waals surface area (Å²) in [6, 6.07) is 11.1. The fourth-order valence-corrected chi connectivity index (χ4v) is 5.06. The number of sulfonamides is 1. The van der Waals surface area contributed by atoms with Crippen molar-refractivity contribution in [3.63, 3.8) is 0 Å². The number of aldehydes is 1. The van der Waals surface area contributed by atoms with Crippen molar-refractivity contribution in [1.82, 2.24) is 10.0 Å². The van der Waals surface area contributed by atoms with Crippen molar-refractivity contribution in [1.29, 1.82) is 5.41 Å². The van der Waals surface area contributed by atoms with Gasteiger partial charge in [-0.3, -0.25) is 15.0 Å². The number of carboxylic acid groups (broad SMARTS) is 1. The van der Waals surface area contributed by atoms with Crippen molar-refractivity contribution in [2.24, 2.45) is 5.73 Å². The van der Waals surface area contributed by atoms with Gasteiger partial charge < -0.3 is 30.4 Å². The van der Waals surface area contributed by atoms with Crippen molar-refractivity contribution in [2.75, 3.05) is 14.2 Å². The van der Waals surface area contributed by atoms with Crippen molar-refractivity contribution in [2.45, 2.75) is 29.8 Å². The topological polar surface area (TPSA) is 198 Å². The molecule has 0 bridgehead atoms. The zero-order valence-electron chi connectivity index (χ0n) is 21.1. The number of carbonyl (C=O) groups is 3. The van der Waals surface area contributed by atoms with Crippen LogP contribution in [0.15, 0.2) is 59.5 Å². The lowest BCUT2D eigenvalue weighted by Gasteiger charge is -2.20. The van der Waals surface area contributed by atoms with Gasteiger partial charge in [-0.15, -0.1) is 0 Å². The summed E-state index contributed by atoms with van der Waals surface area (Å²) < 4.78 is 39.0. The molecule has 1 amide bonds. The molecule has 2 atom stereocenters. The molecule has 39 heavy (non-hydrogen) atoms. The van der Waals surface area contributed by atoms with Crippen LogP contribution in [-0.4, -0.2) is 63.8 Å². The molecular weight excluding hydrogens is 528 g/mol. The van der Waals surface area contributed by atoms with Crippen LogP contribution in [-0.2, 0) is 30.8 Å². The number of fused-ring (bicyclic) bond motifs is 1. The van der Waals surface area contributed by atoms with Gasteiger partial charge in [0.15, 0.2) is 11.5 Å². The third kappa shape index (κ3) is 7.30. The number of aliphatic carboxylic acids is 1. The van der Waals surface area contributed by atoms with E-state index in [2.05, 4.69) is 10.0 Å². The number of amidine groups is 1. The van der Waals surface area contributed by atoms with Crippen LogP contribution in [0.25, 0.3) is 10.8 Å². The number of nitrogens with one attached hydrogen (secondary N) is 3. The molecule has 3 aromatic rings. The van der Waals surface area contributed by atoms with Crippen molar-refractivity contribution in [3.05, 3.63) is 65.7 Å². The second kappa shape index (κ2) is 12.4. The third-order valence-electron chi connectivity index (χ3n) is 5.83. The number of hydrogen-bond acceptors (Lipinski definition) is 8. The highest BCUT2D eigenvalue weighted by molar-refractivity contribution is 7.89. The average Bonchev–Trinajstić information content (AvgIpc) is 2.90. The summed E-state index contributed by atoms with van der Waals surface area (Å²) in [6.07, 6.45) is -0.341. The molecular formula is C26H28N4O8S. The zero-order chi connectivity index (χ0) is 28.7. The Labute approximate surface area is 224 Å². The van der Waals surface area contributed by atoms with Crippen LogP contribution < -0.4 is 25.2 Å². The molecule has 0 saturated carbocycles. The highest BCUT2D eigenvalue weighted by atomic mass is 32.2. The molecule has 0 heterocycles. The first-order valence-corrected chi connectivity index (χ1v) is 13.0. The van der Waals surface area contributed by atoms with E-state index in [1.165, 1.54) is 32.4 Å². The Morgan fingerprint density at radius 1 is 1.03 bits per heavy atom. The standard InChI is InChI=1S/C26H28N4O8S/c1-37-22-11-17-7-8-20(10-18(17)12-23(22)38-2)39(35,36)30-21(13-24(32)33)26(34)29-19(14-31)9-15-3-5-16(6-4-15)25(27)28/h3-8,10-12,14,19,21,30H,9,13H2,1-2H3,(H3,27,28)(H,29,34)(H,32,33)/t19-,21-/m0/s1. The molecule has 3 aromatic carbocycles. The van der Waals surface area contributed by atoms with Gasteiger partial charge in [-0.05, 0) is 47.0 Å². The molecule has 6 N–H and O–H groups in total. The number of methoxy groups -OCH3 is 2. The third-order valence-corrected chi connectivity index (χ3v) is 7.30. The highest BCUT2D eigenvalue weighted by Gasteiger charge is 2.29. The molecule has 0 unspecified atom stereocenters. The lowest BCUT2D eigenvalue weighted by molar-refractivity contribution is -0.139. The summed E-state index contributed by atoms with van der Waals surface area (Å²) in [6.45, 7) is 0. The van der Waals surface area contributed by atoms with Gasteiger partial charge in [-0.1, -0.05) is 30.3 Å². The predicted molar refractivity (Wildman–Crippen MR) is 143 cm³/mol. The Balaban J connectivity index is 1.81. The summed E-state index contributed by atoms with van der Waals surface area (Å²) in [5.74, 6) is -1.69. The molecule has 0 radical (unpaired) electrons. The van der Waals surface area contributed by atoms with Crippen LogP contribution in [0.4, 0.5) is 0 Å². The summed E-state index contributed by atoms with van der Waals surface area (Å²) in [7, 11) is -1.45. The lowest BCUT2D eigenvalue weighted by atomic mass is 10.0. The molecule has 0 aliphatic rings. The maximum absolute atomic E-state index is 13.1. The van der Waals surface area contributed by atoms with Crippen LogP contribution >= 0.6 is 0 Å². The number of carboxylic acids is 1. The van der Waals surface area contributed by atoms with Gasteiger partial charge in [0.2, 0.25) is 15.9 Å². The van der Waals surface area contributed by atoms with E-state index in [9.17, 15) is 27.9 Å². The van der Waals surface area contributed by atoms with Crippen molar-refractivity contribution in [3.8, 4) is 11.5 Å². The molecule has 13 heteroatoms. The second-order valence-electron chi connectivity index (χ2n) is 8.55. The maximum Gasteiger partial charge on any atom is 0.305 e. The normalized spacial score (nSPS) is 12.8. The molecule has 206 valence electrons. The number of amides is 1. The maximum atomic E-state index is 13.1. The van der Waals surface area contributed by atoms with Crippen LogP contribution in [0.1, 0.15) is 17.5 Å². The number of carbonyl (C=O) groups excluding carboxylic acids is 2. The number of ether oxygens (including phenoxy) is 2. The van der Waals surface area contributed by atoms with E-state index >= 15 is 0 Å². The predicted octanol–water partition coefficient (Wildman–Crippen LogP) is 1.19. The van der Waals surface area contributed by atoms with E-state index in [0.29, 0.717) is 39.7 Å². The lowest BCUT2D eigenvalue weighted by Crippen LogP contribution is -2.51. The van der Waals surface area contributed by atoms with Crippen molar-refractivity contribution < 1.29 is 37.4 Å². The Hall–Kier alpha value is -4.49. The van der Waals surface area contributed by atoms with Gasteiger partial charge in [-0.25, -0.2) is 8.42 Å². The average molecular weight is 557 g/mol. The Bertz CT molecular complexity index is 1510. The van der Waals surface area contributed by atoms with Crippen LogP contribution in [0.5, 0.6) is 11.5 Å². The molecule has 0 saturated heterocycles. The molecule has 0 fully saturated rings. The highest BCUT2D eigenvalue weighted by Crippen LogP contribution is 2.33. The molecule has 0 aliphatic carbocycles. The first kappa shape index (κ1) is 29.1. The fourth-order valence-electron chi connectivity index (χ4n) is 3.83. The quantitative estimate of drug-likeness (QED) is 0.117. The zero-order valence-corrected chi connectivity index (χ0v) is 21.9. The molecule has 0 spiro atoms. The number of nitrogen functional groups attached to an aromatic ring is 1. The minimum atomic E-state index is -4.36. The minimum absolute atomic E-state index is 0.0515. The number of benzene rings is 3. The van der Waals surface area contributed by atoms with E-state index in [1.807, 2.05) is 0 Å². The van der Waals surface area contributed by atoms with E-state index in [0.717, 1.165) is 0 Å². The summed E-state index contributed by atoms with van der Waals surface area (Å²) in [5.41, 5.74) is 6.54. The summed E-state index contributed by atoms with van der Waals surface area (Å²) in [5, 5.41) is 20.3. The number of nitrogens with two attached hydrogens (primary N) is 1. The Morgan fingerprint density at radius 2 is 1.64 bits per heavy atom. The van der Waals surface area contributed by atoms with Gasteiger partial charge in [0.25, 0.3) is 0 Å². The SMILES string of the molecule is COc1cc2ccc(S(=O)(=O)N[C@@H](CC(=O)O)C(=O)N[C@H](C=O)Cc3ccc(C(=N)N)cc3)cc2cc1OC. The fraction of sp³-hybridized carbons (Fsp3) is 0.231. The monoisotopic (exact) mass is 556 g/mol. The molecule has 3 rings (SSSR count). The van der Waals surface area contributed by atoms with E-state index < -0.39 is 40.4 Å². The van der Waals surface area contributed by atoms with Gasteiger partial charge in [-0.2, -0.15) is 4.72 Å². The van der Waals surface area contributed by atoms with Gasteiger partial charge >= 0.3 is 5.97 Å². The smallest absolute Gasteiger partial charge is 0.305 e. The van der Waals surface area contributed by atoms with Gasteiger partial charge in [0, 0.05) is 5.56 Å². The van der Waals surface area contributed by atoms with Crippen LogP contribution in [0.2, 0.25) is 0 Å². The molecule has 12 nitrogen and oxygen atoms in total. The van der Waals surface area contributed by atoms with E-state index in [4.69, 9.17) is 20.6 Å². The summed E-state index contributed by atoms with van der Waals surface area (Å²) in [4.78, 5) is 35.8. The van der Waals surface area contributed by atoms with Gasteiger partial charge in [0.05, 0.1) is 31.6 Å². The first-order chi connectivity index (χ1) is 18.5. The Morgan fingerprint density at radius 3 is 2.18 bits per heavy atom. The van der Waals surface area contributed by atoms with Crippen LogP contribution in [0, 0.1) is 5.41 Å².